The van der Waals surface area contributed by atoms with Gasteiger partial charge in [0.15, 0.2) is 5.82 Å². The minimum absolute atomic E-state index is 0.700. The van der Waals surface area contributed by atoms with Crippen LogP contribution in [0.2, 0.25) is 0 Å². The lowest BCUT2D eigenvalue weighted by Crippen LogP contribution is -1.97. The molecule has 0 fully saturated rings. The minimum atomic E-state index is 0.700. The van der Waals surface area contributed by atoms with Crippen molar-refractivity contribution < 1.29 is 0 Å². The van der Waals surface area contributed by atoms with Gasteiger partial charge >= 0.3 is 0 Å². The number of rotatable bonds is 6. The number of hydrogen-bond donors (Lipinski definition) is 0. The molecule has 0 spiro atoms. The SMILES string of the molecule is c1ccc(-c2ccc(-c3nc(-c4ccccc4)cc(-c4ccc(-n5c6ccccc6c6cc7c(cc65)c5ccccc5n7-c5ccccc5)cc4)n3)cc2)cc1. The van der Waals surface area contributed by atoms with Crippen LogP contribution in [0.15, 0.2) is 206 Å². The zero-order chi connectivity index (χ0) is 37.0. The van der Waals surface area contributed by atoms with E-state index in [1.54, 1.807) is 0 Å². The highest BCUT2D eigenvalue weighted by Crippen LogP contribution is 2.40. The number of benzene rings is 8. The van der Waals surface area contributed by atoms with E-state index in [-0.39, 0.29) is 0 Å². The van der Waals surface area contributed by atoms with Gasteiger partial charge in [-0.25, -0.2) is 9.97 Å². The third-order valence-electron chi connectivity index (χ3n) is 10.9. The largest absolute Gasteiger partial charge is 0.309 e. The Labute approximate surface area is 324 Å². The molecule has 0 atom stereocenters. The maximum Gasteiger partial charge on any atom is 0.160 e. The molecule has 3 aromatic heterocycles. The average molecular weight is 715 g/mol. The van der Waals surface area contributed by atoms with Crippen molar-refractivity contribution in [2.45, 2.75) is 0 Å². The van der Waals surface area contributed by atoms with Crippen LogP contribution < -0.4 is 0 Å². The molecule has 0 aliphatic heterocycles. The summed E-state index contributed by atoms with van der Waals surface area (Å²) in [5.74, 6) is 0.700. The molecule has 0 radical (unpaired) electrons. The van der Waals surface area contributed by atoms with Crippen LogP contribution in [-0.4, -0.2) is 19.1 Å². The summed E-state index contributed by atoms with van der Waals surface area (Å²) in [7, 11) is 0. The molecule has 0 saturated heterocycles. The highest BCUT2D eigenvalue weighted by Gasteiger charge is 2.19. The van der Waals surface area contributed by atoms with Crippen LogP contribution in [0, 0.1) is 0 Å². The number of fused-ring (bicyclic) bond motifs is 6. The van der Waals surface area contributed by atoms with Gasteiger partial charge in [-0.15, -0.1) is 0 Å². The highest BCUT2D eigenvalue weighted by atomic mass is 15.0. The minimum Gasteiger partial charge on any atom is -0.309 e. The zero-order valence-electron chi connectivity index (χ0n) is 30.4. The fraction of sp³-hybridized carbons (Fsp3) is 0. The third kappa shape index (κ3) is 5.31. The van der Waals surface area contributed by atoms with Crippen molar-refractivity contribution in [2.24, 2.45) is 0 Å². The molecule has 0 N–H and O–H groups in total. The number of nitrogens with zero attached hydrogens (tertiary/aromatic N) is 4. The average Bonchev–Trinajstić information content (AvgIpc) is 3.78. The van der Waals surface area contributed by atoms with Gasteiger partial charge in [0.25, 0.3) is 0 Å². The second-order valence-corrected chi connectivity index (χ2v) is 14.2. The molecular formula is C52H34N4. The second kappa shape index (κ2) is 13.1. The van der Waals surface area contributed by atoms with E-state index in [0.717, 1.165) is 45.0 Å². The fourth-order valence-corrected chi connectivity index (χ4v) is 8.27. The van der Waals surface area contributed by atoms with Gasteiger partial charge in [0.2, 0.25) is 0 Å². The maximum atomic E-state index is 5.16. The lowest BCUT2D eigenvalue weighted by Gasteiger charge is -2.12. The molecular weight excluding hydrogens is 681 g/mol. The first-order valence-corrected chi connectivity index (χ1v) is 19.0. The van der Waals surface area contributed by atoms with Gasteiger partial charge in [-0.05, 0) is 65.7 Å². The molecule has 8 aromatic carbocycles. The molecule has 4 nitrogen and oxygen atoms in total. The number of hydrogen-bond acceptors (Lipinski definition) is 2. The van der Waals surface area contributed by atoms with Crippen LogP contribution in [0.4, 0.5) is 0 Å². The summed E-state index contributed by atoms with van der Waals surface area (Å²) in [4.78, 5) is 10.2. The van der Waals surface area contributed by atoms with Crippen LogP contribution in [0.25, 0.3) is 100 Å². The van der Waals surface area contributed by atoms with E-state index < -0.39 is 0 Å². The Morgan fingerprint density at radius 1 is 0.268 bits per heavy atom. The molecule has 0 bridgehead atoms. The predicted octanol–water partition coefficient (Wildman–Crippen LogP) is 13.3. The molecule has 11 rings (SSSR count). The zero-order valence-corrected chi connectivity index (χ0v) is 30.4. The molecule has 4 heteroatoms. The Balaban J connectivity index is 1.05. The van der Waals surface area contributed by atoms with Crippen LogP contribution in [0.5, 0.6) is 0 Å². The lowest BCUT2D eigenvalue weighted by atomic mass is 10.0. The fourth-order valence-electron chi connectivity index (χ4n) is 8.27. The molecule has 0 aliphatic rings. The Morgan fingerprint density at radius 2 is 0.661 bits per heavy atom. The first-order valence-electron chi connectivity index (χ1n) is 19.0. The van der Waals surface area contributed by atoms with Gasteiger partial charge in [0.05, 0.1) is 33.5 Å². The summed E-state index contributed by atoms with van der Waals surface area (Å²) in [6.45, 7) is 0. The van der Waals surface area contributed by atoms with Gasteiger partial charge in [-0.3, -0.25) is 0 Å². The smallest absolute Gasteiger partial charge is 0.160 e. The van der Waals surface area contributed by atoms with Gasteiger partial charge in [0.1, 0.15) is 0 Å². The van der Waals surface area contributed by atoms with Crippen molar-refractivity contribution in [3.05, 3.63) is 206 Å². The summed E-state index contributed by atoms with van der Waals surface area (Å²) in [5, 5.41) is 4.92. The van der Waals surface area contributed by atoms with Crippen LogP contribution in [0.3, 0.4) is 0 Å². The maximum absolute atomic E-state index is 5.16. The van der Waals surface area contributed by atoms with Crippen LogP contribution in [-0.2, 0) is 0 Å². The molecule has 262 valence electrons. The standard InChI is InChI=1S/C52H34N4/c1-4-14-35(15-5-1)36-24-26-39(27-25-36)52-53-46(37-16-6-2-7-17-37)34-47(54-52)38-28-30-41(31-29-38)56-49-23-13-11-21-43(49)45-32-50-44(33-51(45)56)42-20-10-12-22-48(42)55(50)40-18-8-3-9-19-40/h1-34H. The molecule has 0 unspecified atom stereocenters. The van der Waals surface area contributed by atoms with E-state index in [1.807, 2.05) is 12.1 Å². The van der Waals surface area contributed by atoms with Crippen molar-refractivity contribution in [1.29, 1.82) is 0 Å². The van der Waals surface area contributed by atoms with Crippen LogP contribution >= 0.6 is 0 Å². The number of aromatic nitrogens is 4. The Morgan fingerprint density at radius 3 is 1.21 bits per heavy atom. The van der Waals surface area contributed by atoms with Crippen molar-refractivity contribution in [3.63, 3.8) is 0 Å². The first kappa shape index (κ1) is 31.9. The van der Waals surface area contributed by atoms with Gasteiger partial charge in [-0.1, -0.05) is 152 Å². The molecule has 3 heterocycles. The number of para-hydroxylation sites is 3. The molecule has 56 heavy (non-hydrogen) atoms. The summed E-state index contributed by atoms with van der Waals surface area (Å²) < 4.78 is 4.79. The van der Waals surface area contributed by atoms with E-state index in [9.17, 15) is 0 Å². The van der Waals surface area contributed by atoms with E-state index in [0.29, 0.717) is 5.82 Å². The lowest BCUT2D eigenvalue weighted by molar-refractivity contribution is 1.17. The van der Waals surface area contributed by atoms with Crippen molar-refractivity contribution in [3.8, 4) is 56.4 Å². The van der Waals surface area contributed by atoms with Gasteiger partial charge < -0.3 is 9.13 Å². The summed E-state index contributed by atoms with van der Waals surface area (Å²) >= 11 is 0. The molecule has 0 aliphatic carbocycles. The predicted molar refractivity (Wildman–Crippen MR) is 232 cm³/mol. The van der Waals surface area contributed by atoms with Crippen LogP contribution in [0.1, 0.15) is 0 Å². The second-order valence-electron chi connectivity index (χ2n) is 14.2. The Kier molecular flexibility index (Phi) is 7.46. The van der Waals surface area contributed by atoms with Gasteiger partial charge in [-0.2, -0.15) is 0 Å². The summed E-state index contributed by atoms with van der Waals surface area (Å²) in [6.07, 6.45) is 0. The van der Waals surface area contributed by atoms with E-state index in [4.69, 9.17) is 9.97 Å². The molecule has 0 saturated carbocycles. The first-order chi connectivity index (χ1) is 27.8. The summed E-state index contributed by atoms with van der Waals surface area (Å²) in [5.41, 5.74) is 14.2. The molecule has 11 aromatic rings. The van der Waals surface area contributed by atoms with E-state index >= 15 is 0 Å². The van der Waals surface area contributed by atoms with Crippen molar-refractivity contribution in [2.75, 3.05) is 0 Å². The Hall–Kier alpha value is -7.56. The summed E-state index contributed by atoms with van der Waals surface area (Å²) in [6, 6.07) is 73.1. The Bertz CT molecular complexity index is 3200. The highest BCUT2D eigenvalue weighted by molar-refractivity contribution is 6.19. The third-order valence-corrected chi connectivity index (χ3v) is 10.9. The van der Waals surface area contributed by atoms with E-state index in [2.05, 4.69) is 203 Å². The normalized spacial score (nSPS) is 11.6. The van der Waals surface area contributed by atoms with Gasteiger partial charge in [0, 0.05) is 49.6 Å². The topological polar surface area (TPSA) is 35.6 Å². The quantitative estimate of drug-likeness (QED) is 0.172. The van der Waals surface area contributed by atoms with E-state index in [1.165, 1.54) is 49.2 Å². The monoisotopic (exact) mass is 714 g/mol. The van der Waals surface area contributed by atoms with Crippen molar-refractivity contribution >= 4 is 43.6 Å². The van der Waals surface area contributed by atoms with Crippen molar-refractivity contribution in [1.82, 2.24) is 19.1 Å². The molecule has 0 amide bonds.